The number of nitrogens with one attached hydrogen (secondary N) is 1. The molecule has 0 bridgehead atoms. The van der Waals surface area contributed by atoms with Crippen molar-refractivity contribution in [3.63, 3.8) is 0 Å². The highest BCUT2D eigenvalue weighted by Crippen LogP contribution is 2.22. The van der Waals surface area contributed by atoms with E-state index in [1.54, 1.807) is 0 Å². The summed E-state index contributed by atoms with van der Waals surface area (Å²) in [5.41, 5.74) is 0.291. The van der Waals surface area contributed by atoms with Crippen molar-refractivity contribution in [1.29, 1.82) is 0 Å². The number of hydrogen-bond acceptors (Lipinski definition) is 3. The zero-order valence-corrected chi connectivity index (χ0v) is 12.4. The molecule has 1 N–H and O–H groups in total. The van der Waals surface area contributed by atoms with E-state index >= 15 is 0 Å². The predicted molar refractivity (Wildman–Crippen MR) is 77.7 cm³/mol. The molecule has 0 aliphatic heterocycles. The molecule has 0 saturated carbocycles. The van der Waals surface area contributed by atoms with Crippen molar-refractivity contribution in [3.05, 3.63) is 73.7 Å². The Bertz CT molecular complexity index is 680. The lowest BCUT2D eigenvalue weighted by atomic mass is 10.1. The summed E-state index contributed by atoms with van der Waals surface area (Å²) >= 11 is 3.38. The van der Waals surface area contributed by atoms with Crippen LogP contribution in [0.4, 0.5) is 14.5 Å². The quantitative estimate of drug-likeness (QED) is 0.652. The average Bonchev–Trinajstić information content (AvgIpc) is 2.42. The van der Waals surface area contributed by atoms with Crippen molar-refractivity contribution >= 4 is 21.6 Å². The third-order valence-corrected chi connectivity index (χ3v) is 3.67. The Morgan fingerprint density at radius 3 is 2.43 bits per heavy atom. The van der Waals surface area contributed by atoms with Crippen LogP contribution in [-0.2, 0) is 13.1 Å². The Labute approximate surface area is 128 Å². The van der Waals surface area contributed by atoms with Crippen LogP contribution in [0.3, 0.4) is 0 Å². The van der Waals surface area contributed by atoms with Crippen molar-refractivity contribution in [2.45, 2.75) is 13.1 Å². The third kappa shape index (κ3) is 3.83. The summed E-state index contributed by atoms with van der Waals surface area (Å²) < 4.78 is 27.7. The number of hydrogen-bond donors (Lipinski definition) is 1. The van der Waals surface area contributed by atoms with E-state index in [2.05, 4.69) is 21.2 Å². The van der Waals surface area contributed by atoms with Crippen molar-refractivity contribution in [2.75, 3.05) is 0 Å². The average molecular weight is 357 g/mol. The number of nitro benzene ring substituents is 1. The van der Waals surface area contributed by atoms with Gasteiger partial charge in [0.2, 0.25) is 5.82 Å². The van der Waals surface area contributed by atoms with Gasteiger partial charge in [-0.3, -0.25) is 10.1 Å². The normalized spacial score (nSPS) is 10.6. The van der Waals surface area contributed by atoms with E-state index in [1.165, 1.54) is 0 Å². The zero-order valence-electron chi connectivity index (χ0n) is 10.8. The molecule has 2 aromatic carbocycles. The second-order valence-electron chi connectivity index (χ2n) is 4.35. The monoisotopic (exact) mass is 356 g/mol. The second kappa shape index (κ2) is 6.73. The standard InChI is InChI=1S/C14H11BrF2N2O2/c15-11-4-2-1-3-9(11)7-18-8-10-5-14(19(20)21)13(17)6-12(10)16/h1-6,18H,7-8H2. The maximum Gasteiger partial charge on any atom is 0.305 e. The molecule has 0 aliphatic carbocycles. The van der Waals surface area contributed by atoms with Gasteiger partial charge in [-0.1, -0.05) is 34.1 Å². The number of benzene rings is 2. The summed E-state index contributed by atoms with van der Waals surface area (Å²) in [6, 6.07) is 8.95. The fourth-order valence-corrected chi connectivity index (χ4v) is 2.25. The highest BCUT2D eigenvalue weighted by molar-refractivity contribution is 9.10. The maximum absolute atomic E-state index is 13.6. The SMILES string of the molecule is O=[N+]([O-])c1cc(CNCc2ccccc2Br)c(F)cc1F. The zero-order chi connectivity index (χ0) is 15.4. The molecular formula is C14H11BrF2N2O2. The molecule has 0 fully saturated rings. The first-order valence-corrected chi connectivity index (χ1v) is 6.84. The van der Waals surface area contributed by atoms with Crippen molar-refractivity contribution in [1.82, 2.24) is 5.32 Å². The van der Waals surface area contributed by atoms with E-state index in [9.17, 15) is 18.9 Å². The van der Waals surface area contributed by atoms with Crippen LogP contribution in [0.15, 0.2) is 40.9 Å². The predicted octanol–water partition coefficient (Wildman–Crippen LogP) is 3.93. The van der Waals surface area contributed by atoms with Gasteiger partial charge in [-0.25, -0.2) is 4.39 Å². The third-order valence-electron chi connectivity index (χ3n) is 2.90. The Hall–Kier alpha value is -1.86. The molecule has 0 amide bonds. The molecule has 0 spiro atoms. The topological polar surface area (TPSA) is 55.2 Å². The van der Waals surface area contributed by atoms with Gasteiger partial charge in [0.25, 0.3) is 0 Å². The number of nitrogens with zero attached hydrogens (tertiary/aromatic N) is 1. The Kier molecular flexibility index (Phi) is 4.98. The summed E-state index contributed by atoms with van der Waals surface area (Å²) in [6.07, 6.45) is 0. The maximum atomic E-state index is 13.6. The summed E-state index contributed by atoms with van der Waals surface area (Å²) in [5.74, 6) is -1.98. The summed E-state index contributed by atoms with van der Waals surface area (Å²) in [6.45, 7) is 0.514. The van der Waals surface area contributed by atoms with E-state index in [4.69, 9.17) is 0 Å². The van der Waals surface area contributed by atoms with E-state index in [0.717, 1.165) is 16.1 Å². The van der Waals surface area contributed by atoms with Crippen LogP contribution < -0.4 is 5.32 Å². The molecule has 0 aromatic heterocycles. The van der Waals surface area contributed by atoms with E-state index in [-0.39, 0.29) is 12.1 Å². The minimum absolute atomic E-state index is 0.0511. The van der Waals surface area contributed by atoms with Crippen LogP contribution in [0.1, 0.15) is 11.1 Å². The van der Waals surface area contributed by atoms with Gasteiger partial charge in [0.05, 0.1) is 4.92 Å². The van der Waals surface area contributed by atoms with E-state index in [1.807, 2.05) is 24.3 Å². The lowest BCUT2D eigenvalue weighted by Crippen LogP contribution is -2.14. The lowest BCUT2D eigenvalue weighted by Gasteiger charge is -2.08. The summed E-state index contributed by atoms with van der Waals surface area (Å²) in [4.78, 5) is 9.77. The Morgan fingerprint density at radius 2 is 1.76 bits per heavy atom. The first kappa shape index (κ1) is 15.5. The van der Waals surface area contributed by atoms with Gasteiger partial charge in [-0.15, -0.1) is 0 Å². The van der Waals surface area contributed by atoms with Crippen LogP contribution in [0, 0.1) is 21.7 Å². The van der Waals surface area contributed by atoms with Gasteiger partial charge in [-0.2, -0.15) is 4.39 Å². The molecule has 0 unspecified atom stereocenters. The highest BCUT2D eigenvalue weighted by atomic mass is 79.9. The molecule has 4 nitrogen and oxygen atoms in total. The van der Waals surface area contributed by atoms with Crippen molar-refractivity contribution in [3.8, 4) is 0 Å². The van der Waals surface area contributed by atoms with Crippen LogP contribution in [0.25, 0.3) is 0 Å². The number of rotatable bonds is 5. The smallest absolute Gasteiger partial charge is 0.305 e. The largest absolute Gasteiger partial charge is 0.308 e. The summed E-state index contributed by atoms with van der Waals surface area (Å²) in [5, 5.41) is 13.6. The van der Waals surface area contributed by atoms with E-state index in [0.29, 0.717) is 12.6 Å². The summed E-state index contributed by atoms with van der Waals surface area (Å²) in [7, 11) is 0. The van der Waals surface area contributed by atoms with Crippen LogP contribution in [0.2, 0.25) is 0 Å². The molecule has 0 heterocycles. The first-order valence-electron chi connectivity index (χ1n) is 6.05. The van der Waals surface area contributed by atoms with Gasteiger partial charge in [0, 0.05) is 35.3 Å². The molecule has 0 saturated heterocycles. The van der Waals surface area contributed by atoms with Crippen LogP contribution in [0.5, 0.6) is 0 Å². The molecule has 21 heavy (non-hydrogen) atoms. The number of nitro groups is 1. The minimum atomic E-state index is -1.17. The molecule has 2 aromatic rings. The molecule has 0 aliphatic rings. The van der Waals surface area contributed by atoms with Gasteiger partial charge in [0.1, 0.15) is 5.82 Å². The molecule has 0 radical (unpaired) electrons. The lowest BCUT2D eigenvalue weighted by molar-refractivity contribution is -0.387. The molecule has 110 valence electrons. The van der Waals surface area contributed by atoms with Gasteiger partial charge in [-0.05, 0) is 11.6 Å². The van der Waals surface area contributed by atoms with Crippen molar-refractivity contribution in [2.24, 2.45) is 0 Å². The molecular weight excluding hydrogens is 346 g/mol. The van der Waals surface area contributed by atoms with E-state index < -0.39 is 22.2 Å². The van der Waals surface area contributed by atoms with Gasteiger partial charge >= 0.3 is 5.69 Å². The fourth-order valence-electron chi connectivity index (χ4n) is 1.83. The molecule has 2 rings (SSSR count). The van der Waals surface area contributed by atoms with Crippen molar-refractivity contribution < 1.29 is 13.7 Å². The molecule has 0 atom stereocenters. The first-order chi connectivity index (χ1) is 9.99. The van der Waals surface area contributed by atoms with Crippen LogP contribution in [-0.4, -0.2) is 4.92 Å². The van der Waals surface area contributed by atoms with Gasteiger partial charge < -0.3 is 5.32 Å². The highest BCUT2D eigenvalue weighted by Gasteiger charge is 2.18. The Balaban J connectivity index is 2.08. The van der Waals surface area contributed by atoms with Crippen LogP contribution >= 0.6 is 15.9 Å². The van der Waals surface area contributed by atoms with Gasteiger partial charge in [0.15, 0.2) is 0 Å². The molecule has 7 heteroatoms. The second-order valence-corrected chi connectivity index (χ2v) is 5.20. The minimum Gasteiger partial charge on any atom is -0.308 e. The Morgan fingerprint density at radius 1 is 1.10 bits per heavy atom. The number of halogens is 3. The fraction of sp³-hybridized carbons (Fsp3) is 0.143.